The Hall–Kier alpha value is -2.05. The van der Waals surface area contributed by atoms with Gasteiger partial charge in [0.15, 0.2) is 10.7 Å². The Bertz CT molecular complexity index is 892. The molecule has 0 radical (unpaired) electrons. The van der Waals surface area contributed by atoms with Gasteiger partial charge in [-0.05, 0) is 68.9 Å². The van der Waals surface area contributed by atoms with Crippen LogP contribution >= 0.6 is 0 Å². The third-order valence-electron chi connectivity index (χ3n) is 4.80. The van der Waals surface area contributed by atoms with E-state index < -0.39 is 11.2 Å². The van der Waals surface area contributed by atoms with Gasteiger partial charge in [-0.25, -0.2) is 9.97 Å². The van der Waals surface area contributed by atoms with Crippen LogP contribution in [0.1, 0.15) is 36.3 Å². The number of unbranched alkanes of at least 4 members (excludes halogenated alkanes) is 2. The van der Waals surface area contributed by atoms with Crippen molar-refractivity contribution in [3.05, 3.63) is 47.4 Å². The van der Waals surface area contributed by atoms with Crippen LogP contribution < -0.4 is 5.73 Å². The number of nitrogen functional groups attached to an aromatic ring is 1. The lowest BCUT2D eigenvalue weighted by Gasteiger charge is -2.12. The Morgan fingerprint density at radius 3 is 2.50 bits per heavy atom. The summed E-state index contributed by atoms with van der Waals surface area (Å²) < 4.78 is 14.5. The minimum atomic E-state index is -0.904. The number of hydrogen-bond donors (Lipinski definition) is 1. The zero-order chi connectivity index (χ0) is 18.7. The van der Waals surface area contributed by atoms with Crippen LogP contribution in [-0.2, 0) is 17.7 Å². The molecule has 3 aromatic rings. The predicted octanol–water partition coefficient (Wildman–Crippen LogP) is 3.92. The summed E-state index contributed by atoms with van der Waals surface area (Å²) >= 11 is -0.904. The summed E-state index contributed by atoms with van der Waals surface area (Å²) in [4.78, 5) is 9.90. The van der Waals surface area contributed by atoms with Gasteiger partial charge in [-0.2, -0.15) is 0 Å². The summed E-state index contributed by atoms with van der Waals surface area (Å²) in [6.45, 7) is 6.96. The summed E-state index contributed by atoms with van der Waals surface area (Å²) in [5, 5.41) is 0. The minimum absolute atomic E-state index is 0.503. The van der Waals surface area contributed by atoms with E-state index in [9.17, 15) is 4.55 Å². The fourth-order valence-electron chi connectivity index (χ4n) is 3.26. The number of hydrogen-bond acceptors (Lipinski definition) is 4. The van der Waals surface area contributed by atoms with Gasteiger partial charge in [0.05, 0.1) is 5.52 Å². The zero-order valence-corrected chi connectivity index (χ0v) is 16.5. The molecular formula is C20H26N4OS. The van der Waals surface area contributed by atoms with Crippen LogP contribution in [0.5, 0.6) is 0 Å². The normalized spacial score (nSPS) is 12.6. The van der Waals surface area contributed by atoms with Crippen molar-refractivity contribution in [2.24, 2.45) is 0 Å². The molecule has 26 heavy (non-hydrogen) atoms. The molecular weight excluding hydrogens is 344 g/mol. The SMILES string of the molecule is Cc1nc(N)c2nc(C)n(CCCCC[S+]([O-])c3ccccc3)c2c1C. The Kier molecular flexibility index (Phi) is 5.84. The standard InChI is InChI=1S/C20H26N4OS/c1-14-15(2)22-20(21)18-19(14)24(16(3)23-18)12-8-5-9-13-26(25)17-10-6-4-7-11-17/h4,6-7,10-11H,5,8-9,12-13H2,1-3H3,(H2,21,22). The third kappa shape index (κ3) is 3.86. The van der Waals surface area contributed by atoms with Crippen LogP contribution in [0, 0.1) is 20.8 Å². The molecule has 5 nitrogen and oxygen atoms in total. The topological polar surface area (TPSA) is 79.8 Å². The van der Waals surface area contributed by atoms with E-state index >= 15 is 0 Å². The van der Waals surface area contributed by atoms with Crippen molar-refractivity contribution in [1.82, 2.24) is 14.5 Å². The summed E-state index contributed by atoms with van der Waals surface area (Å²) in [5.41, 5.74) is 10.0. The maximum Gasteiger partial charge on any atom is 0.152 e. The molecule has 0 aliphatic heterocycles. The van der Waals surface area contributed by atoms with Gasteiger partial charge in [0, 0.05) is 12.2 Å². The van der Waals surface area contributed by atoms with Crippen molar-refractivity contribution in [3.8, 4) is 0 Å². The summed E-state index contributed by atoms with van der Waals surface area (Å²) in [6.07, 6.45) is 3.02. The highest BCUT2D eigenvalue weighted by Gasteiger charge is 2.15. The van der Waals surface area contributed by atoms with Crippen LogP contribution in [0.25, 0.3) is 11.0 Å². The predicted molar refractivity (Wildman–Crippen MR) is 108 cm³/mol. The number of aromatic nitrogens is 3. The highest BCUT2D eigenvalue weighted by atomic mass is 32.2. The maximum atomic E-state index is 12.3. The molecule has 0 aliphatic carbocycles. The lowest BCUT2D eigenvalue weighted by molar-refractivity contribution is 0.576. The highest BCUT2D eigenvalue weighted by molar-refractivity contribution is 7.91. The van der Waals surface area contributed by atoms with E-state index in [1.54, 1.807) is 0 Å². The molecule has 0 saturated heterocycles. The lowest BCUT2D eigenvalue weighted by Crippen LogP contribution is -2.08. The van der Waals surface area contributed by atoms with Gasteiger partial charge in [0.25, 0.3) is 0 Å². The van der Waals surface area contributed by atoms with E-state index in [4.69, 9.17) is 5.73 Å². The van der Waals surface area contributed by atoms with Crippen LogP contribution in [-0.4, -0.2) is 24.8 Å². The van der Waals surface area contributed by atoms with E-state index in [0.717, 1.165) is 58.8 Å². The van der Waals surface area contributed by atoms with E-state index in [-0.39, 0.29) is 0 Å². The number of aryl methyl sites for hydroxylation is 4. The molecule has 2 aromatic heterocycles. The summed E-state index contributed by atoms with van der Waals surface area (Å²) in [7, 11) is 0. The van der Waals surface area contributed by atoms with E-state index in [1.807, 2.05) is 44.2 Å². The number of pyridine rings is 1. The van der Waals surface area contributed by atoms with Crippen molar-refractivity contribution in [3.63, 3.8) is 0 Å². The molecule has 1 aromatic carbocycles. The molecule has 0 amide bonds. The van der Waals surface area contributed by atoms with Crippen molar-refractivity contribution in [2.75, 3.05) is 11.5 Å². The zero-order valence-electron chi connectivity index (χ0n) is 15.7. The van der Waals surface area contributed by atoms with Gasteiger partial charge in [-0.3, -0.25) is 0 Å². The highest BCUT2D eigenvalue weighted by Crippen LogP contribution is 2.26. The van der Waals surface area contributed by atoms with Crippen LogP contribution in [0.4, 0.5) is 5.82 Å². The van der Waals surface area contributed by atoms with E-state index in [2.05, 4.69) is 21.5 Å². The van der Waals surface area contributed by atoms with Gasteiger partial charge in [-0.1, -0.05) is 18.2 Å². The Morgan fingerprint density at radius 1 is 1.04 bits per heavy atom. The first-order chi connectivity index (χ1) is 12.5. The van der Waals surface area contributed by atoms with Crippen molar-refractivity contribution in [1.29, 1.82) is 0 Å². The first kappa shape index (κ1) is 18.7. The number of rotatable bonds is 7. The number of imidazole rings is 1. The molecule has 0 spiro atoms. The van der Waals surface area contributed by atoms with Crippen LogP contribution in [0.3, 0.4) is 0 Å². The van der Waals surface area contributed by atoms with Crippen LogP contribution in [0.15, 0.2) is 35.2 Å². The van der Waals surface area contributed by atoms with Gasteiger partial charge in [0.1, 0.15) is 17.1 Å². The lowest BCUT2D eigenvalue weighted by atomic mass is 10.2. The smallest absolute Gasteiger partial charge is 0.152 e. The first-order valence-electron chi connectivity index (χ1n) is 9.02. The van der Waals surface area contributed by atoms with E-state index in [0.29, 0.717) is 11.6 Å². The third-order valence-corrected chi connectivity index (χ3v) is 6.26. The first-order valence-corrected chi connectivity index (χ1v) is 10.3. The number of nitrogens with zero attached hydrogens (tertiary/aromatic N) is 3. The van der Waals surface area contributed by atoms with Gasteiger partial charge in [0.2, 0.25) is 0 Å². The second kappa shape index (κ2) is 8.10. The molecule has 0 aliphatic rings. The molecule has 0 saturated carbocycles. The van der Waals surface area contributed by atoms with Gasteiger partial charge in [-0.15, -0.1) is 0 Å². The van der Waals surface area contributed by atoms with Crippen molar-refractivity contribution < 1.29 is 4.55 Å². The van der Waals surface area contributed by atoms with Crippen LogP contribution in [0.2, 0.25) is 0 Å². The average Bonchev–Trinajstić information content (AvgIpc) is 2.97. The molecule has 2 N–H and O–H groups in total. The average molecular weight is 371 g/mol. The molecule has 0 bridgehead atoms. The molecule has 6 heteroatoms. The van der Waals surface area contributed by atoms with Crippen molar-refractivity contribution in [2.45, 2.75) is 51.5 Å². The quantitative estimate of drug-likeness (QED) is 0.505. The fourth-order valence-corrected chi connectivity index (χ4v) is 4.42. The summed E-state index contributed by atoms with van der Waals surface area (Å²) in [6, 6.07) is 9.68. The minimum Gasteiger partial charge on any atom is -0.611 e. The molecule has 2 heterocycles. The molecule has 1 atom stereocenters. The second-order valence-corrected chi connectivity index (χ2v) is 8.21. The second-order valence-electron chi connectivity index (χ2n) is 6.64. The number of nitrogens with two attached hydrogens (primary N) is 1. The largest absolute Gasteiger partial charge is 0.611 e. The fraction of sp³-hybridized carbons (Fsp3) is 0.400. The van der Waals surface area contributed by atoms with Gasteiger partial charge < -0.3 is 14.9 Å². The maximum absolute atomic E-state index is 12.3. The Morgan fingerprint density at radius 2 is 1.77 bits per heavy atom. The Balaban J connectivity index is 1.60. The molecule has 138 valence electrons. The summed E-state index contributed by atoms with van der Waals surface area (Å²) in [5.74, 6) is 2.18. The molecule has 1 unspecified atom stereocenters. The monoisotopic (exact) mass is 370 g/mol. The Labute approximate surface area is 157 Å². The van der Waals surface area contributed by atoms with E-state index in [1.165, 1.54) is 0 Å². The van der Waals surface area contributed by atoms with Gasteiger partial charge >= 0.3 is 0 Å². The molecule has 3 rings (SSSR count). The number of benzene rings is 1. The molecule has 0 fully saturated rings. The number of fused-ring (bicyclic) bond motifs is 1. The van der Waals surface area contributed by atoms with Crippen molar-refractivity contribution >= 4 is 28.0 Å². The number of anilines is 1.